The van der Waals surface area contributed by atoms with Gasteiger partial charge in [-0.2, -0.15) is 0 Å². The molecule has 2 aromatic carbocycles. The van der Waals surface area contributed by atoms with Crippen molar-refractivity contribution in [2.75, 3.05) is 20.0 Å². The van der Waals surface area contributed by atoms with E-state index in [1.54, 1.807) is 25.3 Å². The van der Waals surface area contributed by atoms with E-state index in [0.29, 0.717) is 33.2 Å². The fourth-order valence-electron chi connectivity index (χ4n) is 3.78. The normalized spacial score (nSPS) is 15.2. The molecule has 1 amide bonds. The molecular weight excluding hydrogens is 444 g/mol. The highest BCUT2D eigenvalue weighted by atomic mass is 35.5. The van der Waals surface area contributed by atoms with Gasteiger partial charge < -0.3 is 20.1 Å². The summed E-state index contributed by atoms with van der Waals surface area (Å²) in [6.07, 6.45) is 0. The van der Waals surface area contributed by atoms with Crippen molar-refractivity contribution in [3.63, 3.8) is 0 Å². The van der Waals surface area contributed by atoms with Crippen LogP contribution in [0.3, 0.4) is 0 Å². The SMILES string of the molecule is COc1ccc(CN2C(=O)c3nc(Cl)cc(N)c3C2c2cc(F)ccc2Cl)c(OC)c1. The van der Waals surface area contributed by atoms with Crippen LogP contribution in [0.5, 0.6) is 11.5 Å². The number of nitrogens with zero attached hydrogens (tertiary/aromatic N) is 2. The van der Waals surface area contributed by atoms with Gasteiger partial charge in [0.25, 0.3) is 5.91 Å². The molecule has 0 spiro atoms. The number of hydrogen-bond donors (Lipinski definition) is 1. The maximum atomic E-state index is 14.1. The predicted octanol–water partition coefficient (Wildman–Crippen LogP) is 4.87. The van der Waals surface area contributed by atoms with Crippen molar-refractivity contribution in [2.45, 2.75) is 12.6 Å². The van der Waals surface area contributed by atoms with Crippen molar-refractivity contribution in [1.29, 1.82) is 0 Å². The van der Waals surface area contributed by atoms with Crippen LogP contribution in [0.4, 0.5) is 10.1 Å². The van der Waals surface area contributed by atoms with Crippen LogP contribution < -0.4 is 15.2 Å². The van der Waals surface area contributed by atoms with E-state index in [1.165, 1.54) is 36.3 Å². The lowest BCUT2D eigenvalue weighted by Gasteiger charge is -2.27. The van der Waals surface area contributed by atoms with Gasteiger partial charge >= 0.3 is 0 Å². The Balaban J connectivity index is 1.87. The largest absolute Gasteiger partial charge is 0.497 e. The molecule has 0 bridgehead atoms. The summed E-state index contributed by atoms with van der Waals surface area (Å²) < 4.78 is 24.8. The van der Waals surface area contributed by atoms with Crippen LogP contribution in [0, 0.1) is 5.82 Å². The Labute approximate surface area is 188 Å². The summed E-state index contributed by atoms with van der Waals surface area (Å²) in [5, 5.41) is 0.394. The second-order valence-electron chi connectivity index (χ2n) is 6.98. The van der Waals surface area contributed by atoms with Crippen LogP contribution in [0.25, 0.3) is 0 Å². The number of nitrogens with two attached hydrogens (primary N) is 1. The van der Waals surface area contributed by atoms with Crippen LogP contribution >= 0.6 is 23.2 Å². The maximum Gasteiger partial charge on any atom is 0.274 e. The third-order valence-corrected chi connectivity index (χ3v) is 5.73. The number of ether oxygens (including phenoxy) is 2. The summed E-state index contributed by atoms with van der Waals surface area (Å²) in [6, 6.07) is 9.98. The second-order valence-corrected chi connectivity index (χ2v) is 7.77. The third-order valence-electron chi connectivity index (χ3n) is 5.20. The van der Waals surface area contributed by atoms with Crippen molar-refractivity contribution in [1.82, 2.24) is 9.88 Å². The van der Waals surface area contributed by atoms with Gasteiger partial charge in [0.15, 0.2) is 0 Å². The van der Waals surface area contributed by atoms with Crippen molar-refractivity contribution in [3.05, 3.63) is 80.8 Å². The first kappa shape index (κ1) is 21.2. The van der Waals surface area contributed by atoms with Crippen LogP contribution in [-0.2, 0) is 6.54 Å². The Morgan fingerprint density at radius 3 is 2.61 bits per heavy atom. The number of anilines is 1. The molecular formula is C22H18Cl2FN3O3. The summed E-state index contributed by atoms with van der Waals surface area (Å²) in [6.45, 7) is 0.136. The quantitative estimate of drug-likeness (QED) is 0.548. The Kier molecular flexibility index (Phi) is 5.64. The maximum absolute atomic E-state index is 14.1. The highest BCUT2D eigenvalue weighted by Crippen LogP contribution is 2.45. The van der Waals surface area contributed by atoms with Gasteiger partial charge in [0.05, 0.1) is 26.8 Å². The number of pyridine rings is 1. The minimum Gasteiger partial charge on any atom is -0.497 e. The van der Waals surface area contributed by atoms with Gasteiger partial charge in [0.2, 0.25) is 0 Å². The summed E-state index contributed by atoms with van der Waals surface area (Å²) in [7, 11) is 3.08. The number of carbonyl (C=O) groups excluding carboxylic acids is 1. The van der Waals surface area contributed by atoms with E-state index in [9.17, 15) is 9.18 Å². The van der Waals surface area contributed by atoms with Gasteiger partial charge in [0.1, 0.15) is 28.2 Å². The number of nitrogen functional groups attached to an aromatic ring is 1. The van der Waals surface area contributed by atoms with Gasteiger partial charge in [-0.15, -0.1) is 0 Å². The molecule has 2 heterocycles. The molecule has 4 rings (SSSR count). The first-order valence-corrected chi connectivity index (χ1v) is 10.0. The molecule has 1 unspecified atom stereocenters. The lowest BCUT2D eigenvalue weighted by atomic mass is 9.98. The monoisotopic (exact) mass is 461 g/mol. The van der Waals surface area contributed by atoms with Crippen molar-refractivity contribution < 1.29 is 18.7 Å². The molecule has 0 saturated carbocycles. The molecule has 31 heavy (non-hydrogen) atoms. The van der Waals surface area contributed by atoms with Gasteiger partial charge in [-0.3, -0.25) is 4.79 Å². The first-order valence-electron chi connectivity index (χ1n) is 9.26. The van der Waals surface area contributed by atoms with Crippen molar-refractivity contribution in [3.8, 4) is 11.5 Å². The summed E-state index contributed by atoms with van der Waals surface area (Å²) in [5.74, 6) is 0.264. The zero-order valence-electron chi connectivity index (χ0n) is 16.7. The Morgan fingerprint density at radius 2 is 1.90 bits per heavy atom. The molecule has 160 valence electrons. The predicted molar refractivity (Wildman–Crippen MR) is 116 cm³/mol. The Morgan fingerprint density at radius 1 is 1.13 bits per heavy atom. The molecule has 0 saturated heterocycles. The molecule has 1 aromatic heterocycles. The topological polar surface area (TPSA) is 77.7 Å². The van der Waals surface area contributed by atoms with E-state index >= 15 is 0 Å². The molecule has 3 aromatic rings. The summed E-state index contributed by atoms with van der Waals surface area (Å²) >= 11 is 12.5. The summed E-state index contributed by atoms with van der Waals surface area (Å²) in [4.78, 5) is 19.1. The lowest BCUT2D eigenvalue weighted by molar-refractivity contribution is 0.0730. The third kappa shape index (κ3) is 3.75. The molecule has 0 aliphatic carbocycles. The Bertz CT molecular complexity index is 1190. The van der Waals surface area contributed by atoms with Crippen LogP contribution in [0.1, 0.15) is 33.2 Å². The van der Waals surface area contributed by atoms with E-state index in [2.05, 4.69) is 4.98 Å². The smallest absolute Gasteiger partial charge is 0.274 e. The number of rotatable bonds is 5. The summed E-state index contributed by atoms with van der Waals surface area (Å²) in [5.41, 5.74) is 8.16. The molecule has 9 heteroatoms. The highest BCUT2D eigenvalue weighted by molar-refractivity contribution is 6.31. The number of amides is 1. The minimum absolute atomic E-state index is 0.0950. The molecule has 0 fully saturated rings. The number of halogens is 3. The van der Waals surface area contributed by atoms with Crippen LogP contribution in [-0.4, -0.2) is 30.0 Å². The average molecular weight is 462 g/mol. The van der Waals surface area contributed by atoms with Gasteiger partial charge in [-0.05, 0) is 36.4 Å². The van der Waals surface area contributed by atoms with Crippen LogP contribution in [0.2, 0.25) is 10.2 Å². The number of hydrogen-bond acceptors (Lipinski definition) is 5. The molecule has 1 atom stereocenters. The zero-order valence-corrected chi connectivity index (χ0v) is 18.2. The number of benzene rings is 2. The van der Waals surface area contributed by atoms with Crippen molar-refractivity contribution >= 4 is 34.8 Å². The lowest BCUT2D eigenvalue weighted by Crippen LogP contribution is -2.29. The number of methoxy groups -OCH3 is 2. The molecule has 0 radical (unpaired) electrons. The minimum atomic E-state index is -0.748. The average Bonchev–Trinajstić information content (AvgIpc) is 3.02. The number of fused-ring (bicyclic) bond motifs is 1. The van der Waals surface area contributed by atoms with E-state index < -0.39 is 17.8 Å². The molecule has 2 N–H and O–H groups in total. The second kappa shape index (κ2) is 8.24. The van der Waals surface area contributed by atoms with Gasteiger partial charge in [-0.25, -0.2) is 9.37 Å². The van der Waals surface area contributed by atoms with Gasteiger partial charge in [-0.1, -0.05) is 23.2 Å². The van der Waals surface area contributed by atoms with Crippen molar-refractivity contribution in [2.24, 2.45) is 0 Å². The Hall–Kier alpha value is -3.03. The first-order chi connectivity index (χ1) is 14.8. The number of carbonyl (C=O) groups is 1. The zero-order chi connectivity index (χ0) is 22.3. The highest BCUT2D eigenvalue weighted by Gasteiger charge is 2.42. The van der Waals surface area contributed by atoms with E-state index in [-0.39, 0.29) is 23.1 Å². The van der Waals surface area contributed by atoms with Crippen LogP contribution in [0.15, 0.2) is 42.5 Å². The fraction of sp³-hybridized carbons (Fsp3) is 0.182. The fourth-order valence-corrected chi connectivity index (χ4v) is 4.20. The molecule has 1 aliphatic heterocycles. The standard InChI is InChI=1S/C22H18Cl2FN3O3/c1-30-13-5-3-11(17(8-13)31-2)10-28-21(14-7-12(25)4-6-15(14)23)19-16(26)9-18(24)27-20(19)22(28)29/h3-9,21H,10H2,1-2H3,(H2,26,27). The van der Waals surface area contributed by atoms with E-state index in [4.69, 9.17) is 38.4 Å². The van der Waals surface area contributed by atoms with E-state index in [0.717, 1.165) is 0 Å². The van der Waals surface area contributed by atoms with E-state index in [1.807, 2.05) is 0 Å². The number of aromatic nitrogens is 1. The molecule has 6 nitrogen and oxygen atoms in total. The molecule has 1 aliphatic rings. The van der Waals surface area contributed by atoms with Gasteiger partial charge in [0, 0.05) is 33.5 Å².